The first-order chi connectivity index (χ1) is 20.8. The van der Waals surface area contributed by atoms with Gasteiger partial charge in [-0.1, -0.05) is 43.4 Å². The van der Waals surface area contributed by atoms with Crippen molar-refractivity contribution in [1.82, 2.24) is 19.8 Å². The van der Waals surface area contributed by atoms with Gasteiger partial charge in [0, 0.05) is 49.6 Å². The standard InChI is InChI=1S/C32H35N7O3S/c1-4-22(19-33)23-7-6-8-24(17-23)30(41)34-25-10-9-21(3)27(18-25)42-29-12-11-26-31(37-29)43-32(35-26)36-28(40)20-39-15-13-38(5-2)14-16-39/h6-12,17-18,22H,4-5,13-16,20H2,1-3H3,(H,34,41)(H,35,36,40). The van der Waals surface area contributed by atoms with Crippen molar-refractivity contribution in [3.8, 4) is 17.7 Å². The summed E-state index contributed by atoms with van der Waals surface area (Å²) in [5.74, 6) is 0.317. The second-order valence-electron chi connectivity index (χ2n) is 10.5. The van der Waals surface area contributed by atoms with Gasteiger partial charge in [0.2, 0.25) is 11.8 Å². The molecule has 1 saturated heterocycles. The number of benzene rings is 2. The number of aryl methyl sites for hydroxylation is 1. The lowest BCUT2D eigenvalue weighted by molar-refractivity contribution is -0.117. The van der Waals surface area contributed by atoms with Crippen molar-refractivity contribution < 1.29 is 14.3 Å². The number of hydrogen-bond donors (Lipinski definition) is 2. The molecule has 2 aromatic carbocycles. The molecule has 1 unspecified atom stereocenters. The van der Waals surface area contributed by atoms with Crippen LogP contribution in [0.1, 0.15) is 47.7 Å². The largest absolute Gasteiger partial charge is 0.439 e. The topological polar surface area (TPSA) is 123 Å². The first kappa shape index (κ1) is 30.1. The van der Waals surface area contributed by atoms with Gasteiger partial charge in [-0.2, -0.15) is 5.26 Å². The monoisotopic (exact) mass is 597 g/mol. The predicted octanol–water partition coefficient (Wildman–Crippen LogP) is 5.64. The molecule has 2 aromatic heterocycles. The molecule has 0 saturated carbocycles. The average molecular weight is 598 g/mol. The predicted molar refractivity (Wildman–Crippen MR) is 169 cm³/mol. The zero-order valence-corrected chi connectivity index (χ0v) is 25.4. The number of carbonyl (C=O) groups excluding carboxylic acids is 2. The van der Waals surface area contributed by atoms with Crippen LogP contribution in [-0.4, -0.2) is 70.9 Å². The van der Waals surface area contributed by atoms with Crippen molar-refractivity contribution in [2.45, 2.75) is 33.1 Å². The summed E-state index contributed by atoms with van der Waals surface area (Å²) < 4.78 is 6.12. The van der Waals surface area contributed by atoms with Crippen molar-refractivity contribution in [2.75, 3.05) is 49.9 Å². The van der Waals surface area contributed by atoms with Crippen LogP contribution in [-0.2, 0) is 4.79 Å². The zero-order chi connectivity index (χ0) is 30.3. The minimum absolute atomic E-state index is 0.0862. The van der Waals surface area contributed by atoms with Crippen LogP contribution in [0.5, 0.6) is 11.6 Å². The van der Waals surface area contributed by atoms with Crippen molar-refractivity contribution >= 4 is 44.3 Å². The van der Waals surface area contributed by atoms with Crippen molar-refractivity contribution in [1.29, 1.82) is 5.26 Å². The molecule has 5 rings (SSSR count). The quantitative estimate of drug-likeness (QED) is 0.241. The van der Waals surface area contributed by atoms with Gasteiger partial charge in [0.15, 0.2) is 5.13 Å². The van der Waals surface area contributed by atoms with Gasteiger partial charge in [-0.15, -0.1) is 0 Å². The lowest BCUT2D eigenvalue weighted by atomic mass is 9.96. The minimum Gasteiger partial charge on any atom is -0.439 e. The van der Waals surface area contributed by atoms with Gasteiger partial charge in [-0.25, -0.2) is 9.97 Å². The third kappa shape index (κ3) is 7.53. The van der Waals surface area contributed by atoms with E-state index in [1.54, 1.807) is 30.3 Å². The third-order valence-electron chi connectivity index (χ3n) is 7.53. The van der Waals surface area contributed by atoms with E-state index in [4.69, 9.17) is 4.74 Å². The number of rotatable bonds is 10. The van der Waals surface area contributed by atoms with Crippen LogP contribution < -0.4 is 15.4 Å². The maximum atomic E-state index is 13.0. The number of fused-ring (bicyclic) bond motifs is 1. The molecule has 0 bridgehead atoms. The first-order valence-corrected chi connectivity index (χ1v) is 15.3. The average Bonchev–Trinajstić information content (AvgIpc) is 3.41. The summed E-state index contributed by atoms with van der Waals surface area (Å²) in [5, 5.41) is 15.7. The summed E-state index contributed by atoms with van der Waals surface area (Å²) in [4.78, 5) is 39.9. The van der Waals surface area contributed by atoms with E-state index in [0.29, 0.717) is 51.3 Å². The number of likely N-dealkylation sites (N-methyl/N-ethyl adjacent to an activating group) is 1. The van der Waals surface area contributed by atoms with Crippen LogP contribution in [0.3, 0.4) is 0 Å². The normalized spacial score (nSPS) is 14.7. The Kier molecular flexibility index (Phi) is 9.61. The van der Waals surface area contributed by atoms with Crippen molar-refractivity contribution in [2.24, 2.45) is 0 Å². The molecule has 4 aromatic rings. The molecular weight excluding hydrogens is 562 g/mol. The fourth-order valence-corrected chi connectivity index (χ4v) is 5.78. The Balaban J connectivity index is 1.23. The number of piperazine rings is 1. The molecular formula is C32H35N7O3S. The Morgan fingerprint density at radius 2 is 1.81 bits per heavy atom. The Labute approximate surface area is 255 Å². The molecule has 2 amide bonds. The Bertz CT molecular complexity index is 1660. The van der Waals surface area contributed by atoms with Gasteiger partial charge in [-0.05, 0) is 55.3 Å². The molecule has 1 fully saturated rings. The highest BCUT2D eigenvalue weighted by Crippen LogP contribution is 2.31. The fourth-order valence-electron chi connectivity index (χ4n) is 4.94. The highest BCUT2D eigenvalue weighted by atomic mass is 32.1. The zero-order valence-electron chi connectivity index (χ0n) is 24.6. The van der Waals surface area contributed by atoms with Crippen LogP contribution in [0.4, 0.5) is 10.8 Å². The van der Waals surface area contributed by atoms with Gasteiger partial charge in [-0.3, -0.25) is 14.5 Å². The number of nitrogens with zero attached hydrogens (tertiary/aromatic N) is 5. The molecule has 10 nitrogen and oxygen atoms in total. The molecule has 1 atom stereocenters. The second kappa shape index (κ2) is 13.7. The molecule has 0 spiro atoms. The molecule has 11 heteroatoms. The number of carbonyl (C=O) groups is 2. The van der Waals surface area contributed by atoms with Gasteiger partial charge in [0.25, 0.3) is 5.91 Å². The summed E-state index contributed by atoms with van der Waals surface area (Å²) in [6.07, 6.45) is 0.675. The lowest BCUT2D eigenvalue weighted by Gasteiger charge is -2.33. The molecule has 3 heterocycles. The first-order valence-electron chi connectivity index (χ1n) is 14.5. The number of amides is 2. The summed E-state index contributed by atoms with van der Waals surface area (Å²) in [7, 11) is 0. The number of nitriles is 1. The highest BCUT2D eigenvalue weighted by molar-refractivity contribution is 7.21. The molecule has 0 radical (unpaired) electrons. The maximum Gasteiger partial charge on any atom is 0.255 e. The van der Waals surface area contributed by atoms with Crippen LogP contribution in [0, 0.1) is 18.3 Å². The third-order valence-corrected chi connectivity index (χ3v) is 8.41. The molecule has 222 valence electrons. The van der Waals surface area contributed by atoms with E-state index in [1.165, 1.54) is 11.3 Å². The Hall–Kier alpha value is -4.37. The van der Waals surface area contributed by atoms with Gasteiger partial charge in [0.05, 0.1) is 18.5 Å². The van der Waals surface area contributed by atoms with E-state index in [-0.39, 0.29) is 17.7 Å². The number of ether oxygens (including phenoxy) is 1. The van der Waals surface area contributed by atoms with Crippen LogP contribution in [0.25, 0.3) is 10.3 Å². The van der Waals surface area contributed by atoms with E-state index >= 15 is 0 Å². The Morgan fingerprint density at radius 3 is 2.56 bits per heavy atom. The smallest absolute Gasteiger partial charge is 0.255 e. The number of anilines is 2. The maximum absolute atomic E-state index is 13.0. The van der Waals surface area contributed by atoms with Gasteiger partial charge < -0.3 is 20.3 Å². The van der Waals surface area contributed by atoms with Crippen LogP contribution in [0.2, 0.25) is 0 Å². The molecule has 1 aliphatic heterocycles. The van der Waals surface area contributed by atoms with Gasteiger partial charge in [0.1, 0.15) is 16.1 Å². The summed E-state index contributed by atoms with van der Waals surface area (Å²) in [6, 6.07) is 18.4. The van der Waals surface area contributed by atoms with Crippen molar-refractivity contribution in [3.05, 3.63) is 71.3 Å². The number of aromatic nitrogens is 2. The van der Waals surface area contributed by atoms with E-state index < -0.39 is 0 Å². The van der Waals surface area contributed by atoms with Gasteiger partial charge >= 0.3 is 0 Å². The fraction of sp³-hybridized carbons (Fsp3) is 0.344. The summed E-state index contributed by atoms with van der Waals surface area (Å²) in [5.41, 5.74) is 3.42. The van der Waals surface area contributed by atoms with E-state index in [2.05, 4.69) is 43.4 Å². The molecule has 0 aliphatic carbocycles. The van der Waals surface area contributed by atoms with E-state index in [1.807, 2.05) is 38.1 Å². The molecule has 1 aliphatic rings. The van der Waals surface area contributed by atoms with Crippen LogP contribution in [0.15, 0.2) is 54.6 Å². The number of thiazole rings is 1. The lowest BCUT2D eigenvalue weighted by Crippen LogP contribution is -2.48. The number of hydrogen-bond acceptors (Lipinski definition) is 9. The second-order valence-corrected chi connectivity index (χ2v) is 11.5. The highest BCUT2D eigenvalue weighted by Gasteiger charge is 2.19. The SMILES string of the molecule is CCC(C#N)c1cccc(C(=O)Nc2ccc(C)c(Oc3ccc4nc(NC(=O)CN5CCN(CC)CC5)sc4n3)c2)c1. The summed E-state index contributed by atoms with van der Waals surface area (Å²) in [6.45, 7) is 11.1. The van der Waals surface area contributed by atoms with E-state index in [9.17, 15) is 14.9 Å². The minimum atomic E-state index is -0.272. The summed E-state index contributed by atoms with van der Waals surface area (Å²) >= 11 is 1.30. The Morgan fingerprint density at radius 1 is 1.02 bits per heavy atom. The van der Waals surface area contributed by atoms with Crippen LogP contribution >= 0.6 is 11.3 Å². The van der Waals surface area contributed by atoms with E-state index in [0.717, 1.165) is 43.9 Å². The molecule has 43 heavy (non-hydrogen) atoms. The molecule has 2 N–H and O–H groups in total. The van der Waals surface area contributed by atoms with Crippen molar-refractivity contribution in [3.63, 3.8) is 0 Å². The number of nitrogens with one attached hydrogen (secondary N) is 2. The number of pyridine rings is 1.